The zero-order chi connectivity index (χ0) is 12.8. The Morgan fingerprint density at radius 1 is 1.35 bits per heavy atom. The highest BCUT2D eigenvalue weighted by Gasteiger charge is 2.12. The second-order valence-corrected chi connectivity index (χ2v) is 3.47. The van der Waals surface area contributed by atoms with Gasteiger partial charge in [0.15, 0.2) is 0 Å². The first-order valence-corrected chi connectivity index (χ1v) is 5.25. The lowest BCUT2D eigenvalue weighted by atomic mass is 10.1. The Bertz CT molecular complexity index is 425. The van der Waals surface area contributed by atoms with Crippen molar-refractivity contribution in [1.82, 2.24) is 0 Å². The smallest absolute Gasteiger partial charge is 0.341 e. The van der Waals surface area contributed by atoms with E-state index >= 15 is 0 Å². The summed E-state index contributed by atoms with van der Waals surface area (Å²) < 4.78 is 4.75. The van der Waals surface area contributed by atoms with E-state index in [9.17, 15) is 14.7 Å². The fourth-order valence-corrected chi connectivity index (χ4v) is 1.37. The number of rotatable bonds is 5. The molecule has 0 aliphatic rings. The van der Waals surface area contributed by atoms with Crippen LogP contribution in [0.25, 0.3) is 0 Å². The molecule has 0 aliphatic heterocycles. The van der Waals surface area contributed by atoms with Gasteiger partial charge in [-0.2, -0.15) is 0 Å². The normalized spacial score (nSPS) is 9.94. The van der Waals surface area contributed by atoms with Crippen LogP contribution in [0.1, 0.15) is 29.3 Å². The van der Waals surface area contributed by atoms with Crippen LogP contribution in [0.4, 0.5) is 0 Å². The van der Waals surface area contributed by atoms with Crippen LogP contribution in [0.3, 0.4) is 0 Å². The van der Waals surface area contributed by atoms with Crippen LogP contribution in [0.2, 0.25) is 0 Å². The largest absolute Gasteiger partial charge is 0.507 e. The van der Waals surface area contributed by atoms with Gasteiger partial charge in [0.05, 0.1) is 6.61 Å². The maximum atomic E-state index is 11.4. The molecule has 0 heterocycles. The third-order valence-corrected chi connectivity index (χ3v) is 2.19. The van der Waals surface area contributed by atoms with Gasteiger partial charge < -0.3 is 14.9 Å². The Kier molecular flexibility index (Phi) is 4.51. The monoisotopic (exact) mass is 238 g/mol. The van der Waals surface area contributed by atoms with E-state index in [0.717, 1.165) is 0 Å². The minimum absolute atomic E-state index is 0.0157. The van der Waals surface area contributed by atoms with Gasteiger partial charge in [0.2, 0.25) is 0 Å². The molecular formula is C12H14O5. The van der Waals surface area contributed by atoms with E-state index in [0.29, 0.717) is 12.0 Å². The molecule has 2 N–H and O–H groups in total. The number of phenolic OH excluding ortho intramolecular Hbond substituents is 1. The first-order valence-electron chi connectivity index (χ1n) is 5.25. The summed E-state index contributed by atoms with van der Waals surface area (Å²) in [5.41, 5.74) is 0.754. The lowest BCUT2D eigenvalue weighted by molar-refractivity contribution is -0.136. The standard InChI is InChI=1S/C12H14O5/c1-2-17-12(16)9-5-3-8(7-10(9)13)4-6-11(14)15/h3,5,7,13H,2,4,6H2,1H3,(H,14,15). The van der Waals surface area contributed by atoms with Gasteiger partial charge in [0, 0.05) is 6.42 Å². The number of esters is 1. The van der Waals surface area contributed by atoms with Crippen LogP contribution >= 0.6 is 0 Å². The molecule has 92 valence electrons. The van der Waals surface area contributed by atoms with Crippen molar-refractivity contribution in [2.45, 2.75) is 19.8 Å². The highest BCUT2D eigenvalue weighted by Crippen LogP contribution is 2.20. The Labute approximate surface area is 98.6 Å². The van der Waals surface area contributed by atoms with Crippen LogP contribution < -0.4 is 0 Å². The topological polar surface area (TPSA) is 83.8 Å². The van der Waals surface area contributed by atoms with E-state index in [1.165, 1.54) is 12.1 Å². The van der Waals surface area contributed by atoms with E-state index in [2.05, 4.69) is 0 Å². The number of aryl methyl sites for hydroxylation is 1. The minimum atomic E-state index is -0.904. The van der Waals surface area contributed by atoms with Crippen molar-refractivity contribution in [3.05, 3.63) is 29.3 Å². The van der Waals surface area contributed by atoms with Gasteiger partial charge in [0.1, 0.15) is 11.3 Å². The van der Waals surface area contributed by atoms with Gasteiger partial charge in [-0.3, -0.25) is 4.79 Å². The maximum Gasteiger partial charge on any atom is 0.341 e. The second-order valence-electron chi connectivity index (χ2n) is 3.47. The molecule has 0 fully saturated rings. The predicted octanol–water partition coefficient (Wildman–Crippen LogP) is 1.59. The van der Waals surface area contributed by atoms with Crippen LogP contribution in [0, 0.1) is 0 Å². The maximum absolute atomic E-state index is 11.4. The summed E-state index contributed by atoms with van der Waals surface area (Å²) in [4.78, 5) is 21.7. The number of ether oxygens (including phenoxy) is 1. The van der Waals surface area contributed by atoms with Gasteiger partial charge in [-0.15, -0.1) is 0 Å². The first kappa shape index (κ1) is 13.0. The Morgan fingerprint density at radius 3 is 2.59 bits per heavy atom. The van der Waals surface area contributed by atoms with Crippen LogP contribution in [0.5, 0.6) is 5.75 Å². The van der Waals surface area contributed by atoms with E-state index < -0.39 is 11.9 Å². The third kappa shape index (κ3) is 3.79. The summed E-state index contributed by atoms with van der Waals surface area (Å²) in [6, 6.07) is 4.43. The summed E-state index contributed by atoms with van der Waals surface area (Å²) in [6.45, 7) is 1.91. The first-order chi connectivity index (χ1) is 8.04. The number of benzene rings is 1. The van der Waals surface area contributed by atoms with Crippen LogP contribution in [-0.4, -0.2) is 28.8 Å². The number of carboxylic acid groups (broad SMARTS) is 1. The molecule has 5 heteroatoms. The zero-order valence-electron chi connectivity index (χ0n) is 9.47. The third-order valence-electron chi connectivity index (χ3n) is 2.19. The van der Waals surface area contributed by atoms with Gasteiger partial charge in [-0.05, 0) is 31.0 Å². The quantitative estimate of drug-likeness (QED) is 0.761. The molecule has 5 nitrogen and oxygen atoms in total. The molecule has 1 aromatic carbocycles. The van der Waals surface area contributed by atoms with Crippen molar-refractivity contribution in [2.24, 2.45) is 0 Å². The molecule has 1 rings (SSSR count). The fraction of sp³-hybridized carbons (Fsp3) is 0.333. The average Bonchev–Trinajstić information content (AvgIpc) is 2.26. The fourth-order valence-electron chi connectivity index (χ4n) is 1.37. The Balaban J connectivity index is 2.79. The van der Waals surface area contributed by atoms with E-state index in [1.807, 2.05) is 0 Å². The number of carboxylic acids is 1. The van der Waals surface area contributed by atoms with Gasteiger partial charge in [-0.1, -0.05) is 6.07 Å². The van der Waals surface area contributed by atoms with E-state index in [4.69, 9.17) is 9.84 Å². The molecule has 0 spiro atoms. The SMILES string of the molecule is CCOC(=O)c1ccc(CCC(=O)O)cc1O. The zero-order valence-corrected chi connectivity index (χ0v) is 9.47. The number of carbonyl (C=O) groups is 2. The number of aliphatic carboxylic acids is 1. The van der Waals surface area contributed by atoms with Crippen molar-refractivity contribution >= 4 is 11.9 Å². The van der Waals surface area contributed by atoms with Crippen molar-refractivity contribution in [3.8, 4) is 5.75 Å². The second kappa shape index (κ2) is 5.89. The lowest BCUT2D eigenvalue weighted by Crippen LogP contribution is -2.05. The number of phenols is 1. The number of carbonyl (C=O) groups excluding carboxylic acids is 1. The lowest BCUT2D eigenvalue weighted by Gasteiger charge is -2.06. The molecule has 17 heavy (non-hydrogen) atoms. The molecule has 0 saturated carbocycles. The van der Waals surface area contributed by atoms with Crippen LogP contribution in [-0.2, 0) is 16.0 Å². The van der Waals surface area contributed by atoms with Crippen LogP contribution in [0.15, 0.2) is 18.2 Å². The Hall–Kier alpha value is -2.04. The van der Waals surface area contributed by atoms with E-state index in [1.54, 1.807) is 13.0 Å². The Morgan fingerprint density at radius 2 is 2.06 bits per heavy atom. The van der Waals surface area contributed by atoms with Crippen molar-refractivity contribution in [1.29, 1.82) is 0 Å². The van der Waals surface area contributed by atoms with Gasteiger partial charge >= 0.3 is 11.9 Å². The summed E-state index contributed by atoms with van der Waals surface area (Å²) in [6.07, 6.45) is 0.296. The summed E-state index contributed by atoms with van der Waals surface area (Å²) >= 11 is 0. The molecule has 1 aromatic rings. The molecule has 0 saturated heterocycles. The summed E-state index contributed by atoms with van der Waals surface area (Å²) in [7, 11) is 0. The van der Waals surface area contributed by atoms with Gasteiger partial charge in [-0.25, -0.2) is 4.79 Å². The number of hydrogen-bond donors (Lipinski definition) is 2. The molecule has 0 atom stereocenters. The highest BCUT2D eigenvalue weighted by molar-refractivity contribution is 5.92. The van der Waals surface area contributed by atoms with Crippen molar-refractivity contribution in [3.63, 3.8) is 0 Å². The summed E-state index contributed by atoms with van der Waals surface area (Å²) in [5, 5.41) is 18.1. The average molecular weight is 238 g/mol. The molecule has 0 bridgehead atoms. The molecule has 0 unspecified atom stereocenters. The molecule has 0 radical (unpaired) electrons. The molecule has 0 aliphatic carbocycles. The molecule has 0 amide bonds. The number of hydrogen-bond acceptors (Lipinski definition) is 4. The van der Waals surface area contributed by atoms with E-state index in [-0.39, 0.29) is 24.3 Å². The van der Waals surface area contributed by atoms with Crippen molar-refractivity contribution < 1.29 is 24.5 Å². The van der Waals surface area contributed by atoms with Crippen molar-refractivity contribution in [2.75, 3.05) is 6.61 Å². The minimum Gasteiger partial charge on any atom is -0.507 e. The molecular weight excluding hydrogens is 224 g/mol. The number of aromatic hydroxyl groups is 1. The summed E-state index contributed by atoms with van der Waals surface area (Å²) in [5.74, 6) is -1.68. The highest BCUT2D eigenvalue weighted by atomic mass is 16.5. The van der Waals surface area contributed by atoms with Gasteiger partial charge in [0.25, 0.3) is 0 Å². The molecule has 0 aromatic heterocycles. The predicted molar refractivity (Wildman–Crippen MR) is 60.0 cm³/mol.